The largest absolute Gasteiger partial charge is 0.126 e. The average molecular weight is 292 g/mol. The van der Waals surface area contributed by atoms with E-state index in [1.807, 2.05) is 11.8 Å². The molecule has 0 radical (unpaired) electrons. The van der Waals surface area contributed by atoms with E-state index in [0.29, 0.717) is 0 Å². The van der Waals surface area contributed by atoms with Crippen molar-refractivity contribution in [3.8, 4) is 0 Å². The fourth-order valence-electron chi connectivity index (χ4n) is 1.17. The summed E-state index contributed by atoms with van der Waals surface area (Å²) in [6, 6.07) is 6.53. The molecule has 0 aliphatic rings. The summed E-state index contributed by atoms with van der Waals surface area (Å²) in [6.07, 6.45) is 1.14. The van der Waals surface area contributed by atoms with Crippen LogP contribution in [-0.2, 0) is 6.42 Å². The zero-order valence-corrected chi connectivity index (χ0v) is 10.4. The predicted molar refractivity (Wildman–Crippen MR) is 64.9 cm³/mol. The first-order chi connectivity index (χ1) is 5.79. The van der Waals surface area contributed by atoms with Crippen molar-refractivity contribution in [2.75, 3.05) is 5.75 Å². The summed E-state index contributed by atoms with van der Waals surface area (Å²) in [4.78, 5) is 1.45. The minimum atomic E-state index is 1.14. The summed E-state index contributed by atoms with van der Waals surface area (Å²) in [5.41, 5.74) is 1.50. The Morgan fingerprint density at radius 1 is 1.33 bits per heavy atom. The Morgan fingerprint density at radius 3 is 2.67 bits per heavy atom. The highest BCUT2D eigenvalue weighted by atomic mass is 127. The Labute approximate surface area is 92.3 Å². The van der Waals surface area contributed by atoms with Crippen LogP contribution in [0.4, 0.5) is 0 Å². The molecule has 0 aromatic heterocycles. The number of thioether (sulfide) groups is 1. The lowest BCUT2D eigenvalue weighted by molar-refractivity contribution is 1.07. The number of benzene rings is 1. The van der Waals surface area contributed by atoms with Gasteiger partial charge in [0.15, 0.2) is 0 Å². The van der Waals surface area contributed by atoms with Crippen molar-refractivity contribution in [2.45, 2.75) is 25.2 Å². The van der Waals surface area contributed by atoms with Crippen LogP contribution >= 0.6 is 34.4 Å². The topological polar surface area (TPSA) is 0 Å². The van der Waals surface area contributed by atoms with Gasteiger partial charge >= 0.3 is 0 Å². The standard InChI is InChI=1S/C10H13IS/c1-3-8-9(11)6-5-7-10(8)12-4-2/h5-7H,3-4H2,1-2H3. The zero-order valence-electron chi connectivity index (χ0n) is 7.43. The van der Waals surface area contributed by atoms with E-state index in [9.17, 15) is 0 Å². The third-order valence-corrected chi connectivity index (χ3v) is 3.72. The molecular weight excluding hydrogens is 279 g/mol. The van der Waals surface area contributed by atoms with E-state index in [1.54, 1.807) is 0 Å². The third-order valence-electron chi connectivity index (χ3n) is 1.73. The van der Waals surface area contributed by atoms with Crippen LogP contribution in [0.1, 0.15) is 19.4 Å². The molecule has 2 heteroatoms. The van der Waals surface area contributed by atoms with Crippen molar-refractivity contribution >= 4 is 34.4 Å². The molecular formula is C10H13IS. The van der Waals surface area contributed by atoms with E-state index in [4.69, 9.17) is 0 Å². The molecule has 12 heavy (non-hydrogen) atoms. The van der Waals surface area contributed by atoms with E-state index in [2.05, 4.69) is 54.6 Å². The van der Waals surface area contributed by atoms with Crippen molar-refractivity contribution in [2.24, 2.45) is 0 Å². The van der Waals surface area contributed by atoms with E-state index < -0.39 is 0 Å². The molecule has 0 atom stereocenters. The molecule has 0 fully saturated rings. The molecule has 0 unspecified atom stereocenters. The van der Waals surface area contributed by atoms with Crippen molar-refractivity contribution in [1.29, 1.82) is 0 Å². The number of rotatable bonds is 3. The highest BCUT2D eigenvalue weighted by molar-refractivity contribution is 14.1. The lowest BCUT2D eigenvalue weighted by Crippen LogP contribution is -1.89. The molecule has 0 nitrogen and oxygen atoms in total. The summed E-state index contributed by atoms with van der Waals surface area (Å²) < 4.78 is 1.40. The van der Waals surface area contributed by atoms with E-state index >= 15 is 0 Å². The van der Waals surface area contributed by atoms with Gasteiger partial charge in [-0.05, 0) is 52.5 Å². The highest BCUT2D eigenvalue weighted by Crippen LogP contribution is 2.26. The molecule has 0 bridgehead atoms. The lowest BCUT2D eigenvalue weighted by atomic mass is 10.2. The minimum Gasteiger partial charge on any atom is -0.126 e. The Kier molecular flexibility index (Phi) is 4.43. The maximum atomic E-state index is 2.41. The Bertz CT molecular complexity index is 258. The van der Waals surface area contributed by atoms with Crippen LogP contribution in [0, 0.1) is 3.57 Å². The molecule has 0 amide bonds. The summed E-state index contributed by atoms with van der Waals surface area (Å²) in [7, 11) is 0. The molecule has 0 spiro atoms. The maximum absolute atomic E-state index is 2.41. The van der Waals surface area contributed by atoms with E-state index in [0.717, 1.165) is 12.2 Å². The molecule has 0 saturated carbocycles. The highest BCUT2D eigenvalue weighted by Gasteiger charge is 2.02. The fraction of sp³-hybridized carbons (Fsp3) is 0.400. The third kappa shape index (κ3) is 2.39. The first kappa shape index (κ1) is 10.4. The Balaban J connectivity index is 3.00. The summed E-state index contributed by atoms with van der Waals surface area (Å²) in [5.74, 6) is 1.16. The normalized spacial score (nSPS) is 10.2. The SMILES string of the molecule is CCSc1cccc(I)c1CC. The predicted octanol–water partition coefficient (Wildman–Crippen LogP) is 3.97. The van der Waals surface area contributed by atoms with Gasteiger partial charge in [-0.2, -0.15) is 0 Å². The van der Waals surface area contributed by atoms with Gasteiger partial charge in [-0.25, -0.2) is 0 Å². The van der Waals surface area contributed by atoms with Gasteiger partial charge in [-0.15, -0.1) is 11.8 Å². The van der Waals surface area contributed by atoms with Gasteiger partial charge in [0, 0.05) is 8.47 Å². The van der Waals surface area contributed by atoms with Crippen molar-refractivity contribution in [3.63, 3.8) is 0 Å². The summed E-state index contributed by atoms with van der Waals surface area (Å²) in [6.45, 7) is 4.42. The molecule has 1 aromatic carbocycles. The molecule has 0 saturated heterocycles. The lowest BCUT2D eigenvalue weighted by Gasteiger charge is -2.07. The second kappa shape index (κ2) is 5.12. The Morgan fingerprint density at radius 2 is 2.08 bits per heavy atom. The summed E-state index contributed by atoms with van der Waals surface area (Å²) >= 11 is 4.35. The van der Waals surface area contributed by atoms with Gasteiger partial charge in [0.05, 0.1) is 0 Å². The van der Waals surface area contributed by atoms with Crippen molar-refractivity contribution in [1.82, 2.24) is 0 Å². The molecule has 66 valence electrons. The van der Waals surface area contributed by atoms with Crippen LogP contribution in [0.15, 0.2) is 23.1 Å². The smallest absolute Gasteiger partial charge is 0.0173 e. The minimum absolute atomic E-state index is 1.14. The van der Waals surface area contributed by atoms with Gasteiger partial charge in [0.2, 0.25) is 0 Å². The second-order valence-corrected chi connectivity index (χ2v) is 4.97. The number of hydrogen-bond donors (Lipinski definition) is 0. The van der Waals surface area contributed by atoms with Gasteiger partial charge in [-0.3, -0.25) is 0 Å². The van der Waals surface area contributed by atoms with Crippen LogP contribution in [0.5, 0.6) is 0 Å². The molecule has 0 N–H and O–H groups in total. The fourth-order valence-corrected chi connectivity index (χ4v) is 3.15. The van der Waals surface area contributed by atoms with Crippen molar-refractivity contribution < 1.29 is 0 Å². The quantitative estimate of drug-likeness (QED) is 0.600. The second-order valence-electron chi connectivity index (χ2n) is 2.50. The van der Waals surface area contributed by atoms with Crippen LogP contribution in [0.2, 0.25) is 0 Å². The molecule has 1 rings (SSSR count). The molecule has 1 aromatic rings. The molecule has 0 aliphatic heterocycles. The first-order valence-corrected chi connectivity index (χ1v) is 6.26. The van der Waals surface area contributed by atoms with Crippen LogP contribution in [-0.4, -0.2) is 5.75 Å². The van der Waals surface area contributed by atoms with Gasteiger partial charge in [-0.1, -0.05) is 19.9 Å². The van der Waals surface area contributed by atoms with Crippen LogP contribution in [0.25, 0.3) is 0 Å². The monoisotopic (exact) mass is 292 g/mol. The van der Waals surface area contributed by atoms with Crippen LogP contribution in [0.3, 0.4) is 0 Å². The van der Waals surface area contributed by atoms with Crippen molar-refractivity contribution in [3.05, 3.63) is 27.3 Å². The number of hydrogen-bond acceptors (Lipinski definition) is 1. The molecule has 0 heterocycles. The number of halogens is 1. The van der Waals surface area contributed by atoms with Crippen LogP contribution < -0.4 is 0 Å². The van der Waals surface area contributed by atoms with E-state index in [1.165, 1.54) is 14.0 Å². The average Bonchev–Trinajstić information content (AvgIpc) is 2.05. The van der Waals surface area contributed by atoms with Gasteiger partial charge < -0.3 is 0 Å². The zero-order chi connectivity index (χ0) is 8.97. The van der Waals surface area contributed by atoms with Gasteiger partial charge in [0.1, 0.15) is 0 Å². The summed E-state index contributed by atoms with van der Waals surface area (Å²) in [5, 5.41) is 0. The van der Waals surface area contributed by atoms with Gasteiger partial charge in [0.25, 0.3) is 0 Å². The van der Waals surface area contributed by atoms with E-state index in [-0.39, 0.29) is 0 Å². The first-order valence-electron chi connectivity index (χ1n) is 4.19. The molecule has 0 aliphatic carbocycles. The maximum Gasteiger partial charge on any atom is 0.0173 e. The Hall–Kier alpha value is 0.300.